The number of hydrogen-bond acceptors (Lipinski definition) is 3. The molecule has 0 saturated carbocycles. The number of fused-ring (bicyclic) bond motifs is 1. The zero-order valence-electron chi connectivity index (χ0n) is 13.7. The average molecular weight is 310 g/mol. The SMILES string of the molecule is Cc1cccc(CC2Oc3ccc(N)cc3N(C(C)C)C2=O)c1. The maximum absolute atomic E-state index is 12.9. The molecule has 1 aliphatic rings. The van der Waals surface area contributed by atoms with Crippen LogP contribution in [0.3, 0.4) is 0 Å². The Bertz CT molecular complexity index is 740. The van der Waals surface area contributed by atoms with Gasteiger partial charge in [0.05, 0.1) is 5.69 Å². The van der Waals surface area contributed by atoms with Crippen LogP contribution in [0.25, 0.3) is 0 Å². The van der Waals surface area contributed by atoms with Crippen LogP contribution in [0, 0.1) is 6.92 Å². The number of hydrogen-bond donors (Lipinski definition) is 1. The van der Waals surface area contributed by atoms with Crippen molar-refractivity contribution in [2.24, 2.45) is 0 Å². The van der Waals surface area contributed by atoms with E-state index in [0.717, 1.165) is 11.3 Å². The van der Waals surface area contributed by atoms with Crippen LogP contribution < -0.4 is 15.4 Å². The molecule has 0 fully saturated rings. The number of benzene rings is 2. The number of aryl methyl sites for hydroxylation is 1. The Kier molecular flexibility index (Phi) is 3.99. The van der Waals surface area contributed by atoms with Crippen molar-refractivity contribution >= 4 is 17.3 Å². The van der Waals surface area contributed by atoms with Crippen LogP contribution in [-0.2, 0) is 11.2 Å². The van der Waals surface area contributed by atoms with Crippen LogP contribution >= 0.6 is 0 Å². The lowest BCUT2D eigenvalue weighted by molar-refractivity contribution is -0.126. The van der Waals surface area contributed by atoms with Crippen molar-refractivity contribution in [2.45, 2.75) is 39.3 Å². The lowest BCUT2D eigenvalue weighted by atomic mass is 10.0. The van der Waals surface area contributed by atoms with Gasteiger partial charge in [-0.3, -0.25) is 4.79 Å². The molecular formula is C19H22N2O2. The molecule has 3 rings (SSSR count). The number of nitrogens with zero attached hydrogens (tertiary/aromatic N) is 1. The summed E-state index contributed by atoms with van der Waals surface area (Å²) in [5.74, 6) is 0.699. The van der Waals surface area contributed by atoms with Crippen molar-refractivity contribution < 1.29 is 9.53 Å². The van der Waals surface area contributed by atoms with Crippen molar-refractivity contribution in [1.82, 2.24) is 0 Å². The minimum atomic E-state index is -0.504. The van der Waals surface area contributed by atoms with Gasteiger partial charge in [-0.2, -0.15) is 0 Å². The molecular weight excluding hydrogens is 288 g/mol. The molecule has 23 heavy (non-hydrogen) atoms. The fourth-order valence-electron chi connectivity index (χ4n) is 3.01. The summed E-state index contributed by atoms with van der Waals surface area (Å²) in [5, 5.41) is 0. The van der Waals surface area contributed by atoms with Gasteiger partial charge in [-0.25, -0.2) is 0 Å². The Morgan fingerprint density at radius 1 is 1.22 bits per heavy atom. The van der Waals surface area contributed by atoms with E-state index in [2.05, 4.69) is 6.07 Å². The van der Waals surface area contributed by atoms with Gasteiger partial charge in [-0.1, -0.05) is 29.8 Å². The standard InChI is InChI=1S/C19H22N2O2/c1-12(2)21-16-11-15(20)7-8-17(16)23-18(19(21)22)10-14-6-4-5-13(3)9-14/h4-9,11-12,18H,10,20H2,1-3H3. The third-order valence-corrected chi connectivity index (χ3v) is 4.04. The molecule has 1 aliphatic heterocycles. The molecule has 0 aromatic heterocycles. The maximum atomic E-state index is 12.9. The molecule has 4 nitrogen and oxygen atoms in total. The van der Waals surface area contributed by atoms with Gasteiger partial charge in [0.25, 0.3) is 5.91 Å². The summed E-state index contributed by atoms with van der Waals surface area (Å²) in [4.78, 5) is 14.7. The molecule has 1 unspecified atom stereocenters. The Morgan fingerprint density at radius 3 is 2.70 bits per heavy atom. The van der Waals surface area contributed by atoms with Crippen molar-refractivity contribution in [3.63, 3.8) is 0 Å². The number of carbonyl (C=O) groups excluding carboxylic acids is 1. The molecule has 120 valence electrons. The molecule has 0 aliphatic carbocycles. The van der Waals surface area contributed by atoms with Crippen LogP contribution in [0.15, 0.2) is 42.5 Å². The van der Waals surface area contributed by atoms with Crippen LogP contribution in [-0.4, -0.2) is 18.1 Å². The molecule has 4 heteroatoms. The first-order valence-corrected chi connectivity index (χ1v) is 7.90. The van der Waals surface area contributed by atoms with Crippen molar-refractivity contribution in [3.05, 3.63) is 53.6 Å². The monoisotopic (exact) mass is 310 g/mol. The Labute approximate surface area is 136 Å². The van der Waals surface area contributed by atoms with Gasteiger partial charge in [0.15, 0.2) is 6.10 Å². The van der Waals surface area contributed by atoms with Gasteiger partial charge in [-0.05, 0) is 44.5 Å². The molecule has 2 aromatic carbocycles. The number of carbonyl (C=O) groups is 1. The summed E-state index contributed by atoms with van der Waals surface area (Å²) in [6, 6.07) is 13.7. The van der Waals surface area contributed by atoms with Gasteiger partial charge < -0.3 is 15.4 Å². The molecule has 2 aromatic rings. The fraction of sp³-hybridized carbons (Fsp3) is 0.316. The van der Waals surface area contributed by atoms with Crippen molar-refractivity contribution in [3.8, 4) is 5.75 Å². The average Bonchev–Trinajstić information content (AvgIpc) is 2.48. The summed E-state index contributed by atoms with van der Waals surface area (Å²) >= 11 is 0. The molecule has 1 amide bonds. The van der Waals surface area contributed by atoms with E-state index >= 15 is 0 Å². The smallest absolute Gasteiger partial charge is 0.268 e. The van der Waals surface area contributed by atoms with E-state index in [4.69, 9.17) is 10.5 Å². The second-order valence-electron chi connectivity index (χ2n) is 6.33. The van der Waals surface area contributed by atoms with Crippen LogP contribution in [0.2, 0.25) is 0 Å². The third kappa shape index (κ3) is 3.02. The first kappa shape index (κ1) is 15.4. The zero-order chi connectivity index (χ0) is 16.6. The van der Waals surface area contributed by atoms with Crippen molar-refractivity contribution in [2.75, 3.05) is 10.6 Å². The van der Waals surface area contributed by atoms with Crippen LogP contribution in [0.1, 0.15) is 25.0 Å². The maximum Gasteiger partial charge on any atom is 0.268 e. The predicted octanol–water partition coefficient (Wildman–Crippen LogP) is 3.32. The lowest BCUT2D eigenvalue weighted by Gasteiger charge is -2.37. The fourth-order valence-corrected chi connectivity index (χ4v) is 3.01. The van der Waals surface area contributed by atoms with E-state index in [-0.39, 0.29) is 11.9 Å². The van der Waals surface area contributed by atoms with E-state index in [1.165, 1.54) is 5.56 Å². The van der Waals surface area contributed by atoms with Crippen LogP contribution in [0.4, 0.5) is 11.4 Å². The molecule has 2 N–H and O–H groups in total. The predicted molar refractivity (Wildman–Crippen MR) is 92.8 cm³/mol. The summed E-state index contributed by atoms with van der Waals surface area (Å²) < 4.78 is 5.98. The second-order valence-corrected chi connectivity index (χ2v) is 6.33. The minimum Gasteiger partial charge on any atom is -0.478 e. The zero-order valence-corrected chi connectivity index (χ0v) is 13.7. The largest absolute Gasteiger partial charge is 0.478 e. The molecule has 0 spiro atoms. The van der Waals surface area contributed by atoms with Crippen molar-refractivity contribution in [1.29, 1.82) is 0 Å². The first-order chi connectivity index (χ1) is 11.0. The number of nitrogens with two attached hydrogens (primary N) is 1. The van der Waals surface area contributed by atoms with Gasteiger partial charge in [0.2, 0.25) is 0 Å². The molecule has 0 saturated heterocycles. The van der Waals surface area contributed by atoms with E-state index in [1.807, 2.05) is 45.0 Å². The number of amides is 1. The van der Waals surface area contributed by atoms with E-state index in [9.17, 15) is 4.79 Å². The highest BCUT2D eigenvalue weighted by Crippen LogP contribution is 2.37. The number of nitrogen functional groups attached to an aromatic ring is 1. The quantitative estimate of drug-likeness (QED) is 0.885. The lowest BCUT2D eigenvalue weighted by Crippen LogP contribution is -2.50. The normalized spacial score (nSPS) is 17.1. The Balaban J connectivity index is 1.95. The topological polar surface area (TPSA) is 55.6 Å². The molecule has 0 bridgehead atoms. The summed E-state index contributed by atoms with van der Waals surface area (Å²) in [6.07, 6.45) is 0.0587. The molecule has 1 heterocycles. The van der Waals surface area contributed by atoms with E-state index in [0.29, 0.717) is 17.9 Å². The number of ether oxygens (including phenoxy) is 1. The third-order valence-electron chi connectivity index (χ3n) is 4.04. The van der Waals surface area contributed by atoms with Crippen LogP contribution in [0.5, 0.6) is 5.75 Å². The highest BCUT2D eigenvalue weighted by molar-refractivity contribution is 6.01. The summed E-state index contributed by atoms with van der Waals surface area (Å²) in [5.41, 5.74) is 9.54. The second kappa shape index (κ2) is 5.95. The first-order valence-electron chi connectivity index (χ1n) is 7.90. The number of anilines is 2. The van der Waals surface area contributed by atoms with E-state index < -0.39 is 6.10 Å². The molecule has 0 radical (unpaired) electrons. The Hall–Kier alpha value is -2.49. The van der Waals surface area contributed by atoms with Gasteiger partial charge >= 0.3 is 0 Å². The van der Waals surface area contributed by atoms with Gasteiger partial charge in [0.1, 0.15) is 5.75 Å². The highest BCUT2D eigenvalue weighted by Gasteiger charge is 2.35. The molecule has 1 atom stereocenters. The highest BCUT2D eigenvalue weighted by atomic mass is 16.5. The number of rotatable bonds is 3. The van der Waals surface area contributed by atoms with E-state index in [1.54, 1.807) is 17.0 Å². The summed E-state index contributed by atoms with van der Waals surface area (Å²) in [6.45, 7) is 6.05. The van der Waals surface area contributed by atoms with Gasteiger partial charge in [-0.15, -0.1) is 0 Å². The minimum absolute atomic E-state index is 0.0143. The summed E-state index contributed by atoms with van der Waals surface area (Å²) in [7, 11) is 0. The Morgan fingerprint density at radius 2 is 2.00 bits per heavy atom. The van der Waals surface area contributed by atoms with Gasteiger partial charge in [0, 0.05) is 18.2 Å².